The van der Waals surface area contributed by atoms with Crippen LogP contribution in [-0.2, 0) is 0 Å². The topological polar surface area (TPSA) is 62.2 Å². The lowest BCUT2D eigenvalue weighted by Gasteiger charge is -2.03. The molecule has 17 heavy (non-hydrogen) atoms. The summed E-state index contributed by atoms with van der Waals surface area (Å²) in [7, 11) is 0. The van der Waals surface area contributed by atoms with Crippen molar-refractivity contribution in [1.29, 1.82) is 0 Å². The van der Waals surface area contributed by atoms with E-state index in [9.17, 15) is 4.79 Å². The van der Waals surface area contributed by atoms with E-state index in [1.54, 1.807) is 11.8 Å². The molecule has 4 nitrogen and oxygen atoms in total. The van der Waals surface area contributed by atoms with Gasteiger partial charge in [0, 0.05) is 18.9 Å². The smallest absolute Gasteiger partial charge is 0.263 e. The Morgan fingerprint density at radius 3 is 2.82 bits per heavy atom. The molecule has 0 aliphatic heterocycles. The number of amides is 1. The van der Waals surface area contributed by atoms with Crippen molar-refractivity contribution >= 4 is 29.0 Å². The van der Waals surface area contributed by atoms with Crippen LogP contribution in [0.5, 0.6) is 0 Å². The number of carbonyl (C=O) groups is 1. The molecule has 0 saturated heterocycles. The summed E-state index contributed by atoms with van der Waals surface area (Å²) in [6.07, 6.45) is 0.811. The van der Waals surface area contributed by atoms with Gasteiger partial charge in [0.15, 0.2) is 0 Å². The Morgan fingerprint density at radius 2 is 2.24 bits per heavy atom. The summed E-state index contributed by atoms with van der Waals surface area (Å²) in [6, 6.07) is 0. The molecule has 0 radical (unpaired) electrons. The predicted molar refractivity (Wildman–Crippen MR) is 72.9 cm³/mol. The summed E-state index contributed by atoms with van der Waals surface area (Å²) in [5.74, 6) is 1.78. The average molecular weight is 274 g/mol. The number of aliphatic hydroxyl groups is 1. The van der Waals surface area contributed by atoms with Gasteiger partial charge in [-0.1, -0.05) is 0 Å². The molecule has 1 aromatic rings. The molecule has 0 spiro atoms. The SMILES string of the molecule is Cc1nc(C)c(C(=O)NCCSCCCO)s1. The van der Waals surface area contributed by atoms with Crippen molar-refractivity contribution in [2.24, 2.45) is 0 Å². The van der Waals surface area contributed by atoms with Gasteiger partial charge in [0.1, 0.15) is 4.88 Å². The highest BCUT2D eigenvalue weighted by Crippen LogP contribution is 2.16. The number of nitrogens with one attached hydrogen (secondary N) is 1. The van der Waals surface area contributed by atoms with Gasteiger partial charge in [-0.05, 0) is 26.0 Å². The fourth-order valence-electron chi connectivity index (χ4n) is 1.33. The Balaban J connectivity index is 2.23. The molecule has 2 N–H and O–H groups in total. The zero-order valence-corrected chi connectivity index (χ0v) is 11.8. The van der Waals surface area contributed by atoms with Crippen LogP contribution >= 0.6 is 23.1 Å². The molecular formula is C11H18N2O2S2. The molecule has 1 aromatic heterocycles. The summed E-state index contributed by atoms with van der Waals surface area (Å²) in [5.41, 5.74) is 0.804. The van der Waals surface area contributed by atoms with Gasteiger partial charge in [-0.3, -0.25) is 4.79 Å². The first kappa shape index (κ1) is 14.5. The van der Waals surface area contributed by atoms with Crippen molar-refractivity contribution in [2.45, 2.75) is 20.3 Å². The van der Waals surface area contributed by atoms with Gasteiger partial charge in [-0.2, -0.15) is 11.8 Å². The summed E-state index contributed by atoms with van der Waals surface area (Å²) in [6.45, 7) is 4.65. The maximum absolute atomic E-state index is 11.8. The van der Waals surface area contributed by atoms with E-state index in [0.29, 0.717) is 11.4 Å². The van der Waals surface area contributed by atoms with Crippen LogP contribution < -0.4 is 5.32 Å². The molecule has 0 aliphatic carbocycles. The number of hydrogen-bond acceptors (Lipinski definition) is 5. The van der Waals surface area contributed by atoms with E-state index in [0.717, 1.165) is 28.6 Å². The lowest BCUT2D eigenvalue weighted by molar-refractivity contribution is 0.0959. The normalized spacial score (nSPS) is 10.5. The Hall–Kier alpha value is -0.590. The largest absolute Gasteiger partial charge is 0.396 e. The molecule has 0 atom stereocenters. The molecule has 0 bridgehead atoms. The van der Waals surface area contributed by atoms with Crippen LogP contribution in [0.4, 0.5) is 0 Å². The molecule has 0 aromatic carbocycles. The van der Waals surface area contributed by atoms with E-state index in [4.69, 9.17) is 5.11 Å². The third kappa shape index (κ3) is 5.06. The highest BCUT2D eigenvalue weighted by Gasteiger charge is 2.12. The van der Waals surface area contributed by atoms with Crippen LogP contribution in [0.15, 0.2) is 0 Å². The fraction of sp³-hybridized carbons (Fsp3) is 0.636. The molecule has 0 aliphatic rings. The molecule has 6 heteroatoms. The molecule has 96 valence electrons. The Kier molecular flexibility index (Phi) is 6.54. The van der Waals surface area contributed by atoms with E-state index in [1.165, 1.54) is 11.3 Å². The average Bonchev–Trinajstić information content (AvgIpc) is 2.62. The second-order valence-electron chi connectivity index (χ2n) is 3.59. The number of nitrogens with zero attached hydrogens (tertiary/aromatic N) is 1. The first-order valence-electron chi connectivity index (χ1n) is 5.56. The summed E-state index contributed by atoms with van der Waals surface area (Å²) in [5, 5.41) is 12.4. The maximum Gasteiger partial charge on any atom is 0.263 e. The number of thioether (sulfide) groups is 1. The molecule has 1 amide bonds. The van der Waals surface area contributed by atoms with Crippen molar-refractivity contribution in [3.05, 3.63) is 15.6 Å². The zero-order chi connectivity index (χ0) is 12.7. The second-order valence-corrected chi connectivity index (χ2v) is 6.02. The highest BCUT2D eigenvalue weighted by molar-refractivity contribution is 7.99. The fourth-order valence-corrected chi connectivity index (χ4v) is 2.95. The summed E-state index contributed by atoms with van der Waals surface area (Å²) < 4.78 is 0. The molecule has 0 saturated carbocycles. The maximum atomic E-state index is 11.8. The standard InChI is InChI=1S/C11H18N2O2S2/c1-8-10(17-9(2)13-8)11(15)12-4-7-16-6-3-5-14/h14H,3-7H2,1-2H3,(H,12,15). The number of rotatable bonds is 7. The van der Waals surface area contributed by atoms with E-state index in [2.05, 4.69) is 10.3 Å². The quantitative estimate of drug-likeness (QED) is 0.742. The van der Waals surface area contributed by atoms with E-state index in [1.807, 2.05) is 13.8 Å². The van der Waals surface area contributed by atoms with Crippen molar-refractivity contribution in [3.8, 4) is 0 Å². The second kappa shape index (κ2) is 7.68. The first-order chi connectivity index (χ1) is 8.15. The molecule has 0 fully saturated rings. The van der Waals surface area contributed by atoms with Crippen LogP contribution in [0.2, 0.25) is 0 Å². The number of thiazole rings is 1. The third-order valence-corrected chi connectivity index (χ3v) is 4.23. The van der Waals surface area contributed by atoms with Gasteiger partial charge in [-0.15, -0.1) is 11.3 Å². The third-order valence-electron chi connectivity index (χ3n) is 2.09. The molecule has 1 rings (SSSR count). The molecular weight excluding hydrogens is 256 g/mol. The van der Waals surface area contributed by atoms with E-state index >= 15 is 0 Å². The van der Waals surface area contributed by atoms with Crippen molar-refractivity contribution in [2.75, 3.05) is 24.7 Å². The number of carbonyl (C=O) groups excluding carboxylic acids is 1. The number of hydrogen-bond donors (Lipinski definition) is 2. The lowest BCUT2D eigenvalue weighted by atomic mass is 10.4. The lowest BCUT2D eigenvalue weighted by Crippen LogP contribution is -2.25. The van der Waals surface area contributed by atoms with Crippen LogP contribution in [0, 0.1) is 13.8 Å². The van der Waals surface area contributed by atoms with Crippen LogP contribution in [0.1, 0.15) is 26.8 Å². The molecule has 1 heterocycles. The van der Waals surface area contributed by atoms with Gasteiger partial charge < -0.3 is 10.4 Å². The van der Waals surface area contributed by atoms with Gasteiger partial charge >= 0.3 is 0 Å². The summed E-state index contributed by atoms with van der Waals surface area (Å²) in [4.78, 5) is 16.7. The van der Waals surface area contributed by atoms with Gasteiger partial charge in [-0.25, -0.2) is 4.98 Å². The minimum absolute atomic E-state index is 0.0316. The molecule has 0 unspecified atom stereocenters. The van der Waals surface area contributed by atoms with E-state index in [-0.39, 0.29) is 12.5 Å². The highest BCUT2D eigenvalue weighted by atomic mass is 32.2. The van der Waals surface area contributed by atoms with Crippen molar-refractivity contribution < 1.29 is 9.90 Å². The Morgan fingerprint density at radius 1 is 1.47 bits per heavy atom. The van der Waals surface area contributed by atoms with Gasteiger partial charge in [0.05, 0.1) is 10.7 Å². The Bertz CT molecular complexity index is 366. The van der Waals surface area contributed by atoms with Crippen molar-refractivity contribution in [1.82, 2.24) is 10.3 Å². The minimum atomic E-state index is -0.0316. The first-order valence-corrected chi connectivity index (χ1v) is 7.53. The monoisotopic (exact) mass is 274 g/mol. The number of aliphatic hydroxyl groups excluding tert-OH is 1. The van der Waals surface area contributed by atoms with Gasteiger partial charge in [0.2, 0.25) is 0 Å². The number of aryl methyl sites for hydroxylation is 2. The minimum Gasteiger partial charge on any atom is -0.396 e. The number of aromatic nitrogens is 1. The Labute approximate surface area is 110 Å². The van der Waals surface area contributed by atoms with Crippen LogP contribution in [-0.4, -0.2) is 40.7 Å². The van der Waals surface area contributed by atoms with E-state index < -0.39 is 0 Å². The summed E-state index contributed by atoms with van der Waals surface area (Å²) >= 11 is 3.17. The van der Waals surface area contributed by atoms with Crippen LogP contribution in [0.3, 0.4) is 0 Å². The van der Waals surface area contributed by atoms with Gasteiger partial charge in [0.25, 0.3) is 5.91 Å². The zero-order valence-electron chi connectivity index (χ0n) is 10.2. The van der Waals surface area contributed by atoms with Crippen LogP contribution in [0.25, 0.3) is 0 Å². The predicted octanol–water partition coefficient (Wildman–Crippen LogP) is 1.61. The van der Waals surface area contributed by atoms with Crippen molar-refractivity contribution in [3.63, 3.8) is 0 Å².